The number of nitrogens with zero attached hydrogens (tertiary/aromatic N) is 3. The number of nitrogens with one attached hydrogen (secondary N) is 2. The Morgan fingerprint density at radius 1 is 1.39 bits per heavy atom. The van der Waals surface area contributed by atoms with Crippen molar-refractivity contribution in [1.82, 2.24) is 9.55 Å². The molecule has 2 aromatic rings. The molecule has 0 aromatic carbocycles. The summed E-state index contributed by atoms with van der Waals surface area (Å²) in [7, 11) is 1.51. The highest BCUT2D eigenvalue weighted by Crippen LogP contribution is 2.25. The monoisotopic (exact) mass is 388 g/mol. The van der Waals surface area contributed by atoms with Gasteiger partial charge in [-0.1, -0.05) is 13.3 Å². The summed E-state index contributed by atoms with van der Waals surface area (Å²) in [5, 5.41) is 11.8. The number of carbonyl (C=O) groups is 1. The van der Waals surface area contributed by atoms with Crippen molar-refractivity contribution in [1.29, 1.82) is 5.26 Å². The fraction of sp³-hybridized carbons (Fsp3) is 0.444. The van der Waals surface area contributed by atoms with Crippen molar-refractivity contribution in [3.8, 4) is 6.07 Å². The Hall–Kier alpha value is -3.48. The van der Waals surface area contributed by atoms with Crippen molar-refractivity contribution >= 4 is 23.3 Å². The molecule has 1 amide bonds. The first-order chi connectivity index (χ1) is 13.2. The number of H-pyrrole nitrogens is 1. The van der Waals surface area contributed by atoms with Crippen molar-refractivity contribution in [3.05, 3.63) is 37.7 Å². The molecule has 0 bridgehead atoms. The van der Waals surface area contributed by atoms with Crippen LogP contribution in [-0.2, 0) is 11.3 Å². The third-order valence-corrected chi connectivity index (χ3v) is 4.46. The lowest BCUT2D eigenvalue weighted by atomic mass is 10.2. The summed E-state index contributed by atoms with van der Waals surface area (Å²) in [6, 6.07) is 1.99. The number of aromatic amines is 1. The van der Waals surface area contributed by atoms with Gasteiger partial charge in [0.15, 0.2) is 0 Å². The molecule has 0 spiro atoms. The van der Waals surface area contributed by atoms with Gasteiger partial charge in [0.05, 0.1) is 6.54 Å². The standard InChI is InChI=1S/C18H24N6O4/c1-5-6-7-24-15(20)14(16(26)22-18(24)27)23(4)9-13(25)21-17-12(8-19)10(2)11(3)28-17/h5-7,9,20H2,1-4H3,(H,21,25)(H,22,26,27). The van der Waals surface area contributed by atoms with Gasteiger partial charge in [-0.2, -0.15) is 5.26 Å². The molecule has 0 saturated carbocycles. The quantitative estimate of drug-likeness (QED) is 0.642. The fourth-order valence-corrected chi connectivity index (χ4v) is 2.79. The van der Waals surface area contributed by atoms with E-state index in [9.17, 15) is 19.6 Å². The van der Waals surface area contributed by atoms with Crippen LogP contribution in [0.4, 0.5) is 17.4 Å². The Kier molecular flexibility index (Phi) is 6.30. The van der Waals surface area contributed by atoms with Crippen LogP contribution in [0.15, 0.2) is 14.0 Å². The second-order valence-corrected chi connectivity index (χ2v) is 6.50. The lowest BCUT2D eigenvalue weighted by Crippen LogP contribution is -2.39. The molecule has 2 aromatic heterocycles. The zero-order valence-corrected chi connectivity index (χ0v) is 16.4. The summed E-state index contributed by atoms with van der Waals surface area (Å²) in [5.74, 6) is 0.0901. The number of unbranched alkanes of at least 4 members (excludes halogenated alkanes) is 1. The van der Waals surface area contributed by atoms with Gasteiger partial charge in [0, 0.05) is 19.2 Å². The predicted octanol–water partition coefficient (Wildman–Crippen LogP) is 1.08. The largest absolute Gasteiger partial charge is 0.444 e. The second-order valence-electron chi connectivity index (χ2n) is 6.50. The van der Waals surface area contributed by atoms with E-state index in [1.54, 1.807) is 13.8 Å². The summed E-state index contributed by atoms with van der Waals surface area (Å²) >= 11 is 0. The number of carbonyl (C=O) groups excluding carboxylic acids is 1. The fourth-order valence-electron chi connectivity index (χ4n) is 2.79. The van der Waals surface area contributed by atoms with E-state index in [1.807, 2.05) is 13.0 Å². The van der Waals surface area contributed by atoms with Gasteiger partial charge < -0.3 is 15.1 Å². The predicted molar refractivity (Wildman–Crippen MR) is 105 cm³/mol. The van der Waals surface area contributed by atoms with E-state index in [0.29, 0.717) is 24.3 Å². The Balaban J connectivity index is 2.25. The van der Waals surface area contributed by atoms with Gasteiger partial charge >= 0.3 is 5.69 Å². The molecule has 0 aliphatic carbocycles. The van der Waals surface area contributed by atoms with Crippen LogP contribution in [-0.4, -0.2) is 29.1 Å². The number of amides is 1. The highest BCUT2D eigenvalue weighted by Gasteiger charge is 2.20. The Morgan fingerprint density at radius 3 is 2.68 bits per heavy atom. The van der Waals surface area contributed by atoms with Crippen LogP contribution < -0.4 is 27.2 Å². The molecular formula is C18H24N6O4. The molecule has 28 heavy (non-hydrogen) atoms. The lowest BCUT2D eigenvalue weighted by molar-refractivity contribution is -0.115. The van der Waals surface area contributed by atoms with E-state index in [2.05, 4.69) is 10.3 Å². The van der Waals surface area contributed by atoms with E-state index < -0.39 is 17.2 Å². The number of anilines is 3. The number of furan rings is 1. The molecule has 0 unspecified atom stereocenters. The average molecular weight is 388 g/mol. The van der Waals surface area contributed by atoms with Crippen LogP contribution in [0.1, 0.15) is 36.7 Å². The minimum atomic E-state index is -0.673. The number of nitrogen functional groups attached to an aromatic ring is 1. The van der Waals surface area contributed by atoms with Crippen molar-refractivity contribution in [2.24, 2.45) is 0 Å². The molecule has 10 nitrogen and oxygen atoms in total. The first-order valence-electron chi connectivity index (χ1n) is 8.84. The number of rotatable bonds is 7. The molecule has 0 aliphatic rings. The Bertz CT molecular complexity index is 1040. The molecule has 0 radical (unpaired) electrons. The molecule has 0 fully saturated rings. The number of aryl methyl sites for hydroxylation is 1. The Labute approximate surface area is 161 Å². The molecular weight excluding hydrogens is 364 g/mol. The normalized spacial score (nSPS) is 10.5. The number of nitriles is 1. The van der Waals surface area contributed by atoms with E-state index in [1.165, 1.54) is 16.5 Å². The summed E-state index contributed by atoms with van der Waals surface area (Å²) in [6.45, 7) is 5.51. The molecule has 10 heteroatoms. The third-order valence-electron chi connectivity index (χ3n) is 4.46. The SMILES string of the molecule is CCCCn1c(N)c(N(C)CC(=O)Nc2oc(C)c(C)c2C#N)c(=O)[nH]c1=O. The van der Waals surface area contributed by atoms with Crippen LogP contribution in [0.3, 0.4) is 0 Å². The molecule has 0 aliphatic heterocycles. The molecule has 2 heterocycles. The van der Waals surface area contributed by atoms with Crippen LogP contribution in [0, 0.1) is 25.2 Å². The highest BCUT2D eigenvalue weighted by atomic mass is 16.4. The highest BCUT2D eigenvalue weighted by molar-refractivity contribution is 5.94. The number of nitrogens with two attached hydrogens (primary N) is 1. The maximum atomic E-state index is 12.4. The van der Waals surface area contributed by atoms with E-state index >= 15 is 0 Å². The molecule has 150 valence electrons. The van der Waals surface area contributed by atoms with Gasteiger partial charge in [-0.15, -0.1) is 0 Å². The maximum absolute atomic E-state index is 12.4. The van der Waals surface area contributed by atoms with Crippen LogP contribution in [0.2, 0.25) is 0 Å². The second kappa shape index (κ2) is 8.47. The molecule has 0 saturated heterocycles. The first kappa shape index (κ1) is 20.8. The van der Waals surface area contributed by atoms with Gasteiger partial charge in [0.25, 0.3) is 5.56 Å². The van der Waals surface area contributed by atoms with Crippen molar-refractivity contribution < 1.29 is 9.21 Å². The number of likely N-dealkylation sites (N-methyl/N-ethyl adjacent to an activating group) is 1. The number of hydrogen-bond acceptors (Lipinski definition) is 7. The van der Waals surface area contributed by atoms with E-state index in [-0.39, 0.29) is 29.5 Å². The maximum Gasteiger partial charge on any atom is 0.330 e. The third kappa shape index (κ3) is 4.09. The average Bonchev–Trinajstić information content (AvgIpc) is 2.87. The Morgan fingerprint density at radius 2 is 2.07 bits per heavy atom. The lowest BCUT2D eigenvalue weighted by Gasteiger charge is -2.21. The number of hydrogen-bond donors (Lipinski definition) is 3. The van der Waals surface area contributed by atoms with Gasteiger partial charge in [0.1, 0.15) is 28.9 Å². The van der Waals surface area contributed by atoms with Gasteiger partial charge in [-0.25, -0.2) is 4.79 Å². The summed E-state index contributed by atoms with van der Waals surface area (Å²) < 4.78 is 6.69. The summed E-state index contributed by atoms with van der Waals surface area (Å²) in [6.07, 6.45) is 1.57. The van der Waals surface area contributed by atoms with Crippen molar-refractivity contribution in [3.63, 3.8) is 0 Å². The summed E-state index contributed by atoms with van der Waals surface area (Å²) in [4.78, 5) is 40.2. The topological polar surface area (TPSA) is 150 Å². The van der Waals surface area contributed by atoms with Crippen LogP contribution in [0.25, 0.3) is 0 Å². The molecule has 0 atom stereocenters. The van der Waals surface area contributed by atoms with Gasteiger partial charge in [0.2, 0.25) is 11.8 Å². The minimum absolute atomic E-state index is 0.0000913. The van der Waals surface area contributed by atoms with E-state index in [4.69, 9.17) is 10.2 Å². The van der Waals surface area contributed by atoms with Gasteiger partial charge in [-0.05, 0) is 20.3 Å². The molecule has 2 rings (SSSR count). The smallest absolute Gasteiger partial charge is 0.330 e. The van der Waals surface area contributed by atoms with Crippen LogP contribution >= 0.6 is 0 Å². The van der Waals surface area contributed by atoms with Crippen LogP contribution in [0.5, 0.6) is 0 Å². The minimum Gasteiger partial charge on any atom is -0.444 e. The number of aromatic nitrogens is 2. The molecule has 4 N–H and O–H groups in total. The summed E-state index contributed by atoms with van der Waals surface area (Å²) in [5.41, 5.74) is 5.70. The van der Waals surface area contributed by atoms with Crippen molar-refractivity contribution in [2.75, 3.05) is 29.5 Å². The zero-order chi connectivity index (χ0) is 21.0. The zero-order valence-electron chi connectivity index (χ0n) is 16.4. The van der Waals surface area contributed by atoms with Crippen molar-refractivity contribution in [2.45, 2.75) is 40.2 Å². The van der Waals surface area contributed by atoms with Gasteiger partial charge in [-0.3, -0.25) is 24.5 Å². The first-order valence-corrected chi connectivity index (χ1v) is 8.84. The van der Waals surface area contributed by atoms with E-state index in [0.717, 1.165) is 6.42 Å².